The van der Waals surface area contributed by atoms with E-state index in [1.165, 1.54) is 38.8 Å². The Labute approximate surface area is 98.5 Å². The summed E-state index contributed by atoms with van der Waals surface area (Å²) in [6, 6.07) is 1.54. The van der Waals surface area contributed by atoms with Crippen LogP contribution in [0, 0.1) is 5.92 Å². The van der Waals surface area contributed by atoms with Crippen molar-refractivity contribution < 1.29 is 4.74 Å². The second-order valence-electron chi connectivity index (χ2n) is 5.68. The van der Waals surface area contributed by atoms with Crippen LogP contribution in [0.4, 0.5) is 0 Å². The molecule has 4 atom stereocenters. The van der Waals surface area contributed by atoms with Crippen molar-refractivity contribution in [3.05, 3.63) is 0 Å². The molecule has 2 saturated heterocycles. The first kappa shape index (κ1) is 11.0. The van der Waals surface area contributed by atoms with Gasteiger partial charge in [0.15, 0.2) is 0 Å². The van der Waals surface area contributed by atoms with E-state index in [0.29, 0.717) is 6.10 Å². The van der Waals surface area contributed by atoms with Gasteiger partial charge in [-0.15, -0.1) is 0 Å². The van der Waals surface area contributed by atoms with Crippen molar-refractivity contribution >= 4 is 0 Å². The van der Waals surface area contributed by atoms with E-state index in [9.17, 15) is 0 Å². The van der Waals surface area contributed by atoms with Gasteiger partial charge in [-0.3, -0.25) is 4.90 Å². The molecule has 16 heavy (non-hydrogen) atoms. The minimum absolute atomic E-state index is 0.552. The average Bonchev–Trinajstić information content (AvgIpc) is 2.77. The summed E-state index contributed by atoms with van der Waals surface area (Å²) in [5.74, 6) is 0.799. The predicted octanol–water partition coefficient (Wildman–Crippen LogP) is 1.24. The number of ether oxygens (including phenoxy) is 1. The van der Waals surface area contributed by atoms with Gasteiger partial charge in [-0.05, 0) is 44.7 Å². The van der Waals surface area contributed by atoms with Crippen LogP contribution in [0.1, 0.15) is 32.6 Å². The molecule has 92 valence electrons. The van der Waals surface area contributed by atoms with E-state index in [1.807, 2.05) is 0 Å². The molecule has 0 aromatic heterocycles. The molecule has 0 amide bonds. The monoisotopic (exact) mass is 224 g/mol. The second kappa shape index (κ2) is 4.63. The SMILES string of the molecule is CC1CNCCC1N1CCOC2CCCC21. The molecule has 0 radical (unpaired) electrons. The molecular formula is C13H24N2O. The number of fused-ring (bicyclic) bond motifs is 1. The zero-order valence-electron chi connectivity index (χ0n) is 10.3. The Kier molecular flexibility index (Phi) is 3.18. The summed E-state index contributed by atoms with van der Waals surface area (Å²) in [4.78, 5) is 2.78. The van der Waals surface area contributed by atoms with Crippen LogP contribution in [0.25, 0.3) is 0 Å². The van der Waals surface area contributed by atoms with E-state index in [-0.39, 0.29) is 0 Å². The third-order valence-electron chi connectivity index (χ3n) is 4.69. The number of hydrogen-bond donors (Lipinski definition) is 1. The normalized spacial score (nSPS) is 45.6. The molecule has 3 nitrogen and oxygen atoms in total. The standard InChI is InChI=1S/C13H24N2O/c1-10-9-14-6-5-11(10)15-7-8-16-13-4-2-3-12(13)15/h10-14H,2-9H2,1H3. The number of nitrogens with zero attached hydrogens (tertiary/aromatic N) is 1. The van der Waals surface area contributed by atoms with E-state index in [4.69, 9.17) is 4.74 Å². The molecule has 3 rings (SSSR count). The number of hydrogen-bond acceptors (Lipinski definition) is 3. The second-order valence-corrected chi connectivity index (χ2v) is 5.68. The number of nitrogens with one attached hydrogen (secondary N) is 1. The van der Waals surface area contributed by atoms with Crippen molar-refractivity contribution in [2.75, 3.05) is 26.2 Å². The lowest BCUT2D eigenvalue weighted by Gasteiger charge is -2.46. The molecule has 2 heterocycles. The third-order valence-corrected chi connectivity index (χ3v) is 4.69. The molecule has 3 fully saturated rings. The molecule has 3 aliphatic rings. The number of morpholine rings is 1. The van der Waals surface area contributed by atoms with Crippen LogP contribution in [-0.4, -0.2) is 49.3 Å². The Morgan fingerprint density at radius 1 is 1.19 bits per heavy atom. The first-order valence-electron chi connectivity index (χ1n) is 6.94. The molecule has 1 N–H and O–H groups in total. The van der Waals surface area contributed by atoms with Crippen molar-refractivity contribution in [2.24, 2.45) is 5.92 Å². The van der Waals surface area contributed by atoms with Gasteiger partial charge in [-0.2, -0.15) is 0 Å². The molecule has 4 unspecified atom stereocenters. The molecule has 0 aromatic carbocycles. The van der Waals surface area contributed by atoms with Gasteiger partial charge in [0.1, 0.15) is 0 Å². The third kappa shape index (κ3) is 1.89. The first-order valence-corrected chi connectivity index (χ1v) is 6.94. The van der Waals surface area contributed by atoms with Gasteiger partial charge in [0, 0.05) is 18.6 Å². The van der Waals surface area contributed by atoms with Gasteiger partial charge in [0.05, 0.1) is 12.7 Å². The fourth-order valence-electron chi connectivity index (χ4n) is 3.86. The van der Waals surface area contributed by atoms with Crippen molar-refractivity contribution in [1.82, 2.24) is 10.2 Å². The van der Waals surface area contributed by atoms with Crippen molar-refractivity contribution in [2.45, 2.75) is 50.8 Å². The van der Waals surface area contributed by atoms with Crippen LogP contribution >= 0.6 is 0 Å². The van der Waals surface area contributed by atoms with E-state index in [1.54, 1.807) is 0 Å². The highest BCUT2D eigenvalue weighted by atomic mass is 16.5. The number of piperidine rings is 1. The maximum atomic E-state index is 5.90. The molecule has 0 spiro atoms. The average molecular weight is 224 g/mol. The van der Waals surface area contributed by atoms with E-state index in [0.717, 1.165) is 31.2 Å². The maximum absolute atomic E-state index is 5.90. The highest BCUT2D eigenvalue weighted by Gasteiger charge is 2.40. The van der Waals surface area contributed by atoms with Gasteiger partial charge < -0.3 is 10.1 Å². The fourth-order valence-corrected chi connectivity index (χ4v) is 3.86. The van der Waals surface area contributed by atoms with E-state index in [2.05, 4.69) is 17.1 Å². The summed E-state index contributed by atoms with van der Waals surface area (Å²) in [6.45, 7) is 6.91. The first-order chi connectivity index (χ1) is 7.86. The molecule has 3 heteroatoms. The Morgan fingerprint density at radius 2 is 2.12 bits per heavy atom. The highest BCUT2D eigenvalue weighted by Crippen LogP contribution is 2.33. The Balaban J connectivity index is 1.71. The molecular weight excluding hydrogens is 200 g/mol. The summed E-state index contributed by atoms with van der Waals surface area (Å²) < 4.78 is 5.90. The number of rotatable bonds is 1. The smallest absolute Gasteiger partial charge is 0.0731 e. The van der Waals surface area contributed by atoms with E-state index < -0.39 is 0 Å². The lowest BCUT2D eigenvalue weighted by molar-refractivity contribution is -0.0830. The van der Waals surface area contributed by atoms with Gasteiger partial charge in [0.2, 0.25) is 0 Å². The van der Waals surface area contributed by atoms with E-state index >= 15 is 0 Å². The highest BCUT2D eigenvalue weighted by molar-refractivity contribution is 4.95. The summed E-state index contributed by atoms with van der Waals surface area (Å²) >= 11 is 0. The lowest BCUT2D eigenvalue weighted by Crippen LogP contribution is -2.58. The van der Waals surface area contributed by atoms with Crippen LogP contribution in [0.15, 0.2) is 0 Å². The van der Waals surface area contributed by atoms with Crippen LogP contribution in [-0.2, 0) is 4.74 Å². The summed E-state index contributed by atoms with van der Waals surface area (Å²) in [6.07, 6.45) is 5.90. The van der Waals surface area contributed by atoms with Crippen molar-refractivity contribution in [3.63, 3.8) is 0 Å². The van der Waals surface area contributed by atoms with Crippen LogP contribution < -0.4 is 5.32 Å². The predicted molar refractivity (Wildman–Crippen MR) is 64.5 cm³/mol. The minimum atomic E-state index is 0.552. The van der Waals surface area contributed by atoms with Crippen LogP contribution in [0.3, 0.4) is 0 Å². The molecule has 0 bridgehead atoms. The fraction of sp³-hybridized carbons (Fsp3) is 1.00. The molecule has 1 saturated carbocycles. The van der Waals surface area contributed by atoms with Crippen LogP contribution in [0.5, 0.6) is 0 Å². The van der Waals surface area contributed by atoms with Crippen LogP contribution in [0.2, 0.25) is 0 Å². The summed E-state index contributed by atoms with van der Waals surface area (Å²) in [5.41, 5.74) is 0. The Hall–Kier alpha value is -0.120. The molecule has 0 aromatic rings. The minimum Gasteiger partial charge on any atom is -0.375 e. The summed E-state index contributed by atoms with van der Waals surface area (Å²) in [5, 5.41) is 3.51. The topological polar surface area (TPSA) is 24.5 Å². The van der Waals surface area contributed by atoms with Gasteiger partial charge in [-0.25, -0.2) is 0 Å². The largest absolute Gasteiger partial charge is 0.375 e. The quantitative estimate of drug-likeness (QED) is 0.725. The van der Waals surface area contributed by atoms with Gasteiger partial charge >= 0.3 is 0 Å². The Bertz CT molecular complexity index is 246. The molecule has 2 aliphatic heterocycles. The zero-order chi connectivity index (χ0) is 11.0. The Morgan fingerprint density at radius 3 is 3.00 bits per heavy atom. The van der Waals surface area contributed by atoms with Gasteiger partial charge in [0.25, 0.3) is 0 Å². The van der Waals surface area contributed by atoms with Crippen molar-refractivity contribution in [3.8, 4) is 0 Å². The maximum Gasteiger partial charge on any atom is 0.0731 e. The molecule has 1 aliphatic carbocycles. The summed E-state index contributed by atoms with van der Waals surface area (Å²) in [7, 11) is 0. The van der Waals surface area contributed by atoms with Crippen molar-refractivity contribution in [1.29, 1.82) is 0 Å². The zero-order valence-corrected chi connectivity index (χ0v) is 10.3. The van der Waals surface area contributed by atoms with Gasteiger partial charge in [-0.1, -0.05) is 6.92 Å². The lowest BCUT2D eigenvalue weighted by atomic mass is 9.91.